The standard InChI is InChI=1S/C22H25ClN2O2/c1-2-24-21(26)18-9-8-15(12-18)14-25-22(27)19-11-10-17(13-20(19)23)16-6-4-3-5-7-16/h3-7,10-11,13,15,18H,2,8-9,12,14H2,1H3,(H,24,26)(H,25,27)/t15-,18+/m1/s1. The van der Waals surface area contributed by atoms with E-state index in [0.717, 1.165) is 30.4 Å². The SMILES string of the molecule is CCNC(=O)[C@H]1CC[C@@H](CNC(=O)c2ccc(-c3ccccc3)cc2Cl)C1. The Labute approximate surface area is 165 Å². The number of hydrogen-bond acceptors (Lipinski definition) is 2. The van der Waals surface area contributed by atoms with Gasteiger partial charge in [0.1, 0.15) is 0 Å². The number of benzene rings is 2. The maximum Gasteiger partial charge on any atom is 0.252 e. The predicted molar refractivity (Wildman–Crippen MR) is 109 cm³/mol. The lowest BCUT2D eigenvalue weighted by Gasteiger charge is -2.13. The van der Waals surface area contributed by atoms with Crippen molar-refractivity contribution < 1.29 is 9.59 Å². The Kier molecular flexibility index (Phi) is 6.51. The van der Waals surface area contributed by atoms with Crippen LogP contribution >= 0.6 is 11.6 Å². The first-order chi connectivity index (χ1) is 13.1. The summed E-state index contributed by atoms with van der Waals surface area (Å²) >= 11 is 6.36. The van der Waals surface area contributed by atoms with Gasteiger partial charge in [0.25, 0.3) is 5.91 Å². The summed E-state index contributed by atoms with van der Waals surface area (Å²) in [6.07, 6.45) is 2.68. The van der Waals surface area contributed by atoms with Crippen LogP contribution in [-0.2, 0) is 4.79 Å². The molecule has 0 aliphatic heterocycles. The van der Waals surface area contributed by atoms with Gasteiger partial charge in [-0.15, -0.1) is 0 Å². The molecule has 2 aromatic rings. The van der Waals surface area contributed by atoms with E-state index in [1.807, 2.05) is 49.4 Å². The van der Waals surface area contributed by atoms with Crippen molar-refractivity contribution in [3.8, 4) is 11.1 Å². The van der Waals surface area contributed by atoms with Crippen LogP contribution in [0.15, 0.2) is 48.5 Å². The zero-order chi connectivity index (χ0) is 19.2. The predicted octanol–water partition coefficient (Wildman–Crippen LogP) is 4.29. The molecular weight excluding hydrogens is 360 g/mol. The fourth-order valence-corrected chi connectivity index (χ4v) is 3.93. The van der Waals surface area contributed by atoms with Crippen molar-refractivity contribution >= 4 is 23.4 Å². The number of amides is 2. The third-order valence-corrected chi connectivity index (χ3v) is 5.45. The molecular formula is C22H25ClN2O2. The van der Waals surface area contributed by atoms with Gasteiger partial charge in [0.15, 0.2) is 0 Å². The van der Waals surface area contributed by atoms with E-state index in [1.165, 1.54) is 0 Å². The summed E-state index contributed by atoms with van der Waals surface area (Å²) in [5.41, 5.74) is 2.53. The first kappa shape index (κ1) is 19.4. The van der Waals surface area contributed by atoms with E-state index in [0.29, 0.717) is 29.6 Å². The van der Waals surface area contributed by atoms with Crippen molar-refractivity contribution in [2.75, 3.05) is 13.1 Å². The largest absolute Gasteiger partial charge is 0.356 e. The van der Waals surface area contributed by atoms with Crippen LogP contribution in [0, 0.1) is 11.8 Å². The molecule has 2 aromatic carbocycles. The highest BCUT2D eigenvalue weighted by Gasteiger charge is 2.29. The minimum Gasteiger partial charge on any atom is -0.356 e. The van der Waals surface area contributed by atoms with Crippen LogP contribution in [-0.4, -0.2) is 24.9 Å². The molecule has 3 rings (SSSR count). The number of carbonyl (C=O) groups is 2. The van der Waals surface area contributed by atoms with Crippen LogP contribution in [0.2, 0.25) is 5.02 Å². The summed E-state index contributed by atoms with van der Waals surface area (Å²) in [5, 5.41) is 6.30. The molecule has 0 unspecified atom stereocenters. The maximum atomic E-state index is 12.5. The molecule has 0 aromatic heterocycles. The molecule has 1 saturated carbocycles. The molecule has 1 aliphatic carbocycles. The fourth-order valence-electron chi connectivity index (χ4n) is 3.66. The molecule has 0 heterocycles. The topological polar surface area (TPSA) is 58.2 Å². The van der Waals surface area contributed by atoms with Crippen molar-refractivity contribution in [3.05, 3.63) is 59.1 Å². The third-order valence-electron chi connectivity index (χ3n) is 5.14. The smallest absolute Gasteiger partial charge is 0.252 e. The van der Waals surface area contributed by atoms with Crippen molar-refractivity contribution in [2.45, 2.75) is 26.2 Å². The molecule has 2 N–H and O–H groups in total. The number of nitrogens with one attached hydrogen (secondary N) is 2. The van der Waals surface area contributed by atoms with Gasteiger partial charge in [-0.3, -0.25) is 9.59 Å². The van der Waals surface area contributed by atoms with Gasteiger partial charge in [-0.2, -0.15) is 0 Å². The van der Waals surface area contributed by atoms with Crippen molar-refractivity contribution in [3.63, 3.8) is 0 Å². The second kappa shape index (κ2) is 9.05. The highest BCUT2D eigenvalue weighted by Crippen LogP contribution is 2.31. The fraction of sp³-hybridized carbons (Fsp3) is 0.364. The molecule has 5 heteroatoms. The molecule has 1 fully saturated rings. The minimum absolute atomic E-state index is 0.0700. The molecule has 2 amide bonds. The van der Waals surface area contributed by atoms with Gasteiger partial charge in [-0.25, -0.2) is 0 Å². The van der Waals surface area contributed by atoms with Gasteiger partial charge >= 0.3 is 0 Å². The van der Waals surface area contributed by atoms with E-state index in [-0.39, 0.29) is 17.7 Å². The summed E-state index contributed by atoms with van der Waals surface area (Å²) < 4.78 is 0. The molecule has 4 nitrogen and oxygen atoms in total. The van der Waals surface area contributed by atoms with E-state index in [1.54, 1.807) is 6.07 Å². The highest BCUT2D eigenvalue weighted by molar-refractivity contribution is 6.34. The Balaban J connectivity index is 1.57. The van der Waals surface area contributed by atoms with Crippen molar-refractivity contribution in [1.82, 2.24) is 10.6 Å². The van der Waals surface area contributed by atoms with Crippen LogP contribution in [0.5, 0.6) is 0 Å². The highest BCUT2D eigenvalue weighted by atomic mass is 35.5. The van der Waals surface area contributed by atoms with Gasteiger partial charge in [0.2, 0.25) is 5.91 Å². The average molecular weight is 385 g/mol. The van der Waals surface area contributed by atoms with Gasteiger partial charge in [-0.1, -0.05) is 48.0 Å². The van der Waals surface area contributed by atoms with E-state index in [9.17, 15) is 9.59 Å². The van der Waals surface area contributed by atoms with Crippen LogP contribution in [0.4, 0.5) is 0 Å². The second-order valence-corrected chi connectivity index (χ2v) is 7.45. The Morgan fingerprint density at radius 1 is 1.04 bits per heavy atom. The summed E-state index contributed by atoms with van der Waals surface area (Å²) in [7, 11) is 0. The summed E-state index contributed by atoms with van der Waals surface area (Å²) in [6.45, 7) is 3.16. The van der Waals surface area contributed by atoms with Crippen LogP contribution in [0.1, 0.15) is 36.5 Å². The quantitative estimate of drug-likeness (QED) is 0.780. The lowest BCUT2D eigenvalue weighted by atomic mass is 10.0. The molecule has 2 atom stereocenters. The Bertz CT molecular complexity index is 807. The molecule has 27 heavy (non-hydrogen) atoms. The summed E-state index contributed by atoms with van der Waals surface area (Å²) in [5.74, 6) is 0.372. The zero-order valence-electron chi connectivity index (χ0n) is 15.5. The van der Waals surface area contributed by atoms with Crippen LogP contribution < -0.4 is 10.6 Å². The maximum absolute atomic E-state index is 12.5. The van der Waals surface area contributed by atoms with Gasteiger partial charge in [-0.05, 0) is 55.4 Å². The first-order valence-corrected chi connectivity index (χ1v) is 9.87. The second-order valence-electron chi connectivity index (χ2n) is 7.04. The molecule has 1 aliphatic rings. The summed E-state index contributed by atoms with van der Waals surface area (Å²) in [6, 6.07) is 15.4. The molecule has 0 spiro atoms. The lowest BCUT2D eigenvalue weighted by molar-refractivity contribution is -0.124. The molecule has 0 bridgehead atoms. The van der Waals surface area contributed by atoms with E-state index >= 15 is 0 Å². The van der Waals surface area contributed by atoms with Crippen LogP contribution in [0.25, 0.3) is 11.1 Å². The normalized spacial score (nSPS) is 18.9. The Morgan fingerprint density at radius 3 is 2.52 bits per heavy atom. The third kappa shape index (κ3) is 4.89. The lowest BCUT2D eigenvalue weighted by Crippen LogP contribution is -2.31. The zero-order valence-corrected chi connectivity index (χ0v) is 16.3. The van der Waals surface area contributed by atoms with Gasteiger partial charge in [0, 0.05) is 19.0 Å². The Morgan fingerprint density at radius 2 is 1.81 bits per heavy atom. The molecule has 0 radical (unpaired) electrons. The first-order valence-electron chi connectivity index (χ1n) is 9.49. The van der Waals surface area contributed by atoms with Gasteiger partial charge in [0.05, 0.1) is 10.6 Å². The molecule has 0 saturated heterocycles. The van der Waals surface area contributed by atoms with Crippen molar-refractivity contribution in [1.29, 1.82) is 0 Å². The van der Waals surface area contributed by atoms with E-state index in [4.69, 9.17) is 11.6 Å². The summed E-state index contributed by atoms with van der Waals surface area (Å²) in [4.78, 5) is 24.4. The number of hydrogen-bond donors (Lipinski definition) is 2. The molecule has 142 valence electrons. The monoisotopic (exact) mass is 384 g/mol. The number of rotatable bonds is 6. The van der Waals surface area contributed by atoms with Crippen LogP contribution in [0.3, 0.4) is 0 Å². The number of halogens is 1. The van der Waals surface area contributed by atoms with Crippen molar-refractivity contribution in [2.24, 2.45) is 11.8 Å². The van der Waals surface area contributed by atoms with E-state index in [2.05, 4.69) is 10.6 Å². The van der Waals surface area contributed by atoms with E-state index < -0.39 is 0 Å². The Hall–Kier alpha value is -2.33. The minimum atomic E-state index is -0.166. The number of carbonyl (C=O) groups excluding carboxylic acids is 2. The van der Waals surface area contributed by atoms with Gasteiger partial charge < -0.3 is 10.6 Å². The average Bonchev–Trinajstić information content (AvgIpc) is 3.16.